The van der Waals surface area contributed by atoms with Crippen LogP contribution in [-0.4, -0.2) is 26.8 Å². The number of nitrogens with one attached hydrogen (secondary N) is 2. The molecule has 0 spiro atoms. The monoisotopic (exact) mass is 293 g/mol. The Balaban J connectivity index is 1.80. The molecule has 0 aliphatic heterocycles. The first-order chi connectivity index (χ1) is 9.67. The van der Waals surface area contributed by atoms with E-state index in [0.717, 1.165) is 4.88 Å². The molecule has 2 amide bonds. The zero-order chi connectivity index (χ0) is 14.4. The van der Waals surface area contributed by atoms with Crippen molar-refractivity contribution in [1.29, 1.82) is 0 Å². The highest BCUT2D eigenvalue weighted by Crippen LogP contribution is 2.07. The molecule has 7 nitrogen and oxygen atoms in total. The Bertz CT molecular complexity index is 578. The van der Waals surface area contributed by atoms with Crippen molar-refractivity contribution in [3.8, 4) is 0 Å². The van der Waals surface area contributed by atoms with Gasteiger partial charge in [0.15, 0.2) is 5.82 Å². The highest BCUT2D eigenvalue weighted by Gasteiger charge is 2.07. The molecule has 0 fully saturated rings. The molecule has 0 atom stereocenters. The first-order valence-electron chi connectivity index (χ1n) is 6.16. The normalized spacial score (nSPS) is 10.2. The lowest BCUT2D eigenvalue weighted by molar-refractivity contribution is -0.122. The molecule has 0 aliphatic carbocycles. The van der Waals surface area contributed by atoms with Crippen molar-refractivity contribution in [2.45, 2.75) is 26.4 Å². The lowest BCUT2D eigenvalue weighted by Gasteiger charge is -2.02. The van der Waals surface area contributed by atoms with Gasteiger partial charge in [-0.15, -0.1) is 16.4 Å². The number of thiophene rings is 1. The summed E-state index contributed by atoms with van der Waals surface area (Å²) in [4.78, 5) is 24.0. The van der Waals surface area contributed by atoms with Gasteiger partial charge in [-0.3, -0.25) is 9.59 Å². The number of aromatic nitrogens is 3. The predicted molar refractivity (Wildman–Crippen MR) is 75.1 cm³/mol. The van der Waals surface area contributed by atoms with Crippen LogP contribution in [0.15, 0.2) is 23.7 Å². The highest BCUT2D eigenvalue weighted by atomic mass is 32.1. The number of anilines is 1. The fourth-order valence-corrected chi connectivity index (χ4v) is 2.11. The van der Waals surface area contributed by atoms with E-state index in [2.05, 4.69) is 20.9 Å². The average molecular weight is 293 g/mol. The van der Waals surface area contributed by atoms with Gasteiger partial charge in [0.2, 0.25) is 11.8 Å². The van der Waals surface area contributed by atoms with E-state index in [0.29, 0.717) is 18.8 Å². The molecule has 0 aliphatic rings. The summed E-state index contributed by atoms with van der Waals surface area (Å²) in [5.41, 5.74) is 0. The molecular weight excluding hydrogens is 278 g/mol. The zero-order valence-corrected chi connectivity index (χ0v) is 11.8. The molecule has 2 N–H and O–H groups in total. The van der Waals surface area contributed by atoms with Crippen molar-refractivity contribution in [2.24, 2.45) is 0 Å². The number of carbonyl (C=O) groups is 2. The summed E-state index contributed by atoms with van der Waals surface area (Å²) < 4.78 is 1.38. The summed E-state index contributed by atoms with van der Waals surface area (Å²) in [6.45, 7) is 2.32. The van der Waals surface area contributed by atoms with Crippen LogP contribution in [0.4, 0.5) is 5.82 Å². The number of rotatable bonds is 6. The molecule has 0 unspecified atom stereocenters. The number of hydrogen-bond acceptors (Lipinski definition) is 5. The van der Waals surface area contributed by atoms with Crippen LogP contribution in [0, 0.1) is 0 Å². The van der Waals surface area contributed by atoms with Gasteiger partial charge in [-0.25, -0.2) is 4.68 Å². The van der Waals surface area contributed by atoms with Crippen molar-refractivity contribution < 1.29 is 9.59 Å². The molecule has 2 heterocycles. The van der Waals surface area contributed by atoms with E-state index in [1.807, 2.05) is 17.5 Å². The van der Waals surface area contributed by atoms with Crippen LogP contribution in [0.25, 0.3) is 0 Å². The first-order valence-corrected chi connectivity index (χ1v) is 7.04. The summed E-state index contributed by atoms with van der Waals surface area (Å²) in [7, 11) is 0. The highest BCUT2D eigenvalue weighted by molar-refractivity contribution is 7.09. The molecule has 0 saturated heterocycles. The Morgan fingerprint density at radius 2 is 2.25 bits per heavy atom. The number of nitrogens with zero attached hydrogens (tertiary/aromatic N) is 3. The van der Waals surface area contributed by atoms with Gasteiger partial charge in [0.05, 0.1) is 12.7 Å². The van der Waals surface area contributed by atoms with Crippen LogP contribution in [0.1, 0.15) is 18.2 Å². The minimum Gasteiger partial charge on any atom is -0.350 e. The summed E-state index contributed by atoms with van der Waals surface area (Å²) in [6, 6.07) is 3.89. The molecule has 0 saturated carbocycles. The molecule has 8 heteroatoms. The lowest BCUT2D eigenvalue weighted by Crippen LogP contribution is -2.27. The minimum atomic E-state index is -0.156. The van der Waals surface area contributed by atoms with Crippen LogP contribution in [0.3, 0.4) is 0 Å². The summed E-state index contributed by atoms with van der Waals surface area (Å²) in [5.74, 6) is 0.0544. The van der Waals surface area contributed by atoms with Gasteiger partial charge in [-0.2, -0.15) is 0 Å². The minimum absolute atomic E-state index is 0.0698. The van der Waals surface area contributed by atoms with Crippen LogP contribution >= 0.6 is 11.3 Å². The maximum atomic E-state index is 11.7. The third-order valence-electron chi connectivity index (χ3n) is 2.47. The molecule has 0 bridgehead atoms. The largest absolute Gasteiger partial charge is 0.350 e. The maximum absolute atomic E-state index is 11.7. The van der Waals surface area contributed by atoms with Crippen molar-refractivity contribution in [1.82, 2.24) is 20.3 Å². The molecule has 2 aromatic heterocycles. The molecule has 106 valence electrons. The Hall–Kier alpha value is -2.22. The van der Waals surface area contributed by atoms with Crippen molar-refractivity contribution in [2.75, 3.05) is 5.32 Å². The Morgan fingerprint density at radius 1 is 1.40 bits per heavy atom. The fraction of sp³-hybridized carbons (Fsp3) is 0.333. The van der Waals surface area contributed by atoms with Gasteiger partial charge in [0.25, 0.3) is 0 Å². The van der Waals surface area contributed by atoms with Crippen molar-refractivity contribution >= 4 is 29.0 Å². The molecular formula is C12H15N5O2S. The third-order valence-corrected chi connectivity index (χ3v) is 3.35. The summed E-state index contributed by atoms with van der Waals surface area (Å²) in [5, 5.41) is 14.9. The van der Waals surface area contributed by atoms with Gasteiger partial charge in [-0.1, -0.05) is 18.2 Å². The molecule has 20 heavy (non-hydrogen) atoms. The number of hydrogen-bond donors (Lipinski definition) is 2. The quantitative estimate of drug-likeness (QED) is 0.831. The second-order valence-electron chi connectivity index (χ2n) is 4.06. The predicted octanol–water partition coefficient (Wildman–Crippen LogP) is 1.00. The van der Waals surface area contributed by atoms with Gasteiger partial charge in [0.1, 0.15) is 6.54 Å². The van der Waals surface area contributed by atoms with E-state index >= 15 is 0 Å². The smallest absolute Gasteiger partial charge is 0.242 e. The van der Waals surface area contributed by atoms with Crippen LogP contribution < -0.4 is 10.6 Å². The second kappa shape index (κ2) is 6.80. The Kier molecular flexibility index (Phi) is 4.83. The number of amides is 2. The van der Waals surface area contributed by atoms with E-state index in [-0.39, 0.29) is 18.4 Å². The van der Waals surface area contributed by atoms with E-state index < -0.39 is 0 Å². The van der Waals surface area contributed by atoms with Crippen LogP contribution in [0.2, 0.25) is 0 Å². The van der Waals surface area contributed by atoms with Crippen LogP contribution in [-0.2, 0) is 22.7 Å². The van der Waals surface area contributed by atoms with E-state index in [1.54, 1.807) is 18.3 Å². The van der Waals surface area contributed by atoms with Crippen molar-refractivity contribution in [3.05, 3.63) is 28.6 Å². The van der Waals surface area contributed by atoms with E-state index in [1.165, 1.54) is 10.9 Å². The molecule has 0 aromatic carbocycles. The van der Waals surface area contributed by atoms with Gasteiger partial charge in [-0.05, 0) is 11.4 Å². The Morgan fingerprint density at radius 3 is 2.95 bits per heavy atom. The summed E-state index contributed by atoms with van der Waals surface area (Å²) in [6.07, 6.45) is 1.90. The average Bonchev–Trinajstić information content (AvgIpc) is 3.08. The summed E-state index contributed by atoms with van der Waals surface area (Å²) >= 11 is 1.59. The van der Waals surface area contributed by atoms with Gasteiger partial charge < -0.3 is 10.6 Å². The van der Waals surface area contributed by atoms with Crippen molar-refractivity contribution in [3.63, 3.8) is 0 Å². The lowest BCUT2D eigenvalue weighted by atomic mass is 10.4. The topological polar surface area (TPSA) is 88.9 Å². The van der Waals surface area contributed by atoms with Gasteiger partial charge in [0, 0.05) is 11.3 Å². The fourth-order valence-electron chi connectivity index (χ4n) is 1.47. The number of carbonyl (C=O) groups excluding carboxylic acids is 2. The SMILES string of the molecule is CCC(=O)Nc1cn(CC(=O)NCc2cccs2)nn1. The van der Waals surface area contributed by atoms with Gasteiger partial charge >= 0.3 is 0 Å². The van der Waals surface area contributed by atoms with Crippen LogP contribution in [0.5, 0.6) is 0 Å². The maximum Gasteiger partial charge on any atom is 0.242 e. The van der Waals surface area contributed by atoms with E-state index in [9.17, 15) is 9.59 Å². The Labute approximate surface area is 120 Å². The first kappa shape index (κ1) is 14.2. The molecule has 2 aromatic rings. The zero-order valence-electron chi connectivity index (χ0n) is 11.0. The molecule has 0 radical (unpaired) electrons. The standard InChI is InChI=1S/C12H15N5O2S/c1-2-11(18)14-10-7-17(16-15-10)8-12(19)13-6-9-4-3-5-20-9/h3-5,7H,2,6,8H2,1H3,(H,13,19)(H,14,18). The second-order valence-corrected chi connectivity index (χ2v) is 5.09. The molecule has 2 rings (SSSR count). The third kappa shape index (κ3) is 4.16. The van der Waals surface area contributed by atoms with E-state index in [4.69, 9.17) is 0 Å².